The monoisotopic (exact) mass is 311 g/mol. The maximum Gasteiger partial charge on any atom is 0.326 e. The zero-order valence-corrected chi connectivity index (χ0v) is 13.1. The molecular formula is C16H22FNO4. The van der Waals surface area contributed by atoms with Crippen molar-refractivity contribution in [3.63, 3.8) is 0 Å². The van der Waals surface area contributed by atoms with E-state index in [-0.39, 0.29) is 24.5 Å². The second-order valence-corrected chi connectivity index (χ2v) is 5.20. The second-order valence-electron chi connectivity index (χ2n) is 5.20. The number of hydrogen-bond acceptors (Lipinski definition) is 3. The molecule has 2 N–H and O–H groups in total. The summed E-state index contributed by atoms with van der Waals surface area (Å²) in [6, 6.07) is 3.80. The van der Waals surface area contributed by atoms with Gasteiger partial charge >= 0.3 is 5.97 Å². The van der Waals surface area contributed by atoms with E-state index in [1.807, 2.05) is 6.92 Å². The summed E-state index contributed by atoms with van der Waals surface area (Å²) in [4.78, 5) is 23.0. The predicted octanol–water partition coefficient (Wildman–Crippen LogP) is 2.38. The molecule has 0 aliphatic heterocycles. The molecule has 0 aromatic heterocycles. The summed E-state index contributed by atoms with van der Waals surface area (Å²) in [5, 5.41) is 11.6. The van der Waals surface area contributed by atoms with Crippen LogP contribution in [-0.2, 0) is 16.0 Å². The molecule has 1 amide bonds. The average molecular weight is 311 g/mol. The number of methoxy groups -OCH3 is 1. The number of hydrogen-bond donors (Lipinski definition) is 2. The first-order valence-electron chi connectivity index (χ1n) is 7.24. The van der Waals surface area contributed by atoms with Crippen LogP contribution in [0.3, 0.4) is 0 Å². The normalized spacial score (nSPS) is 13.3. The van der Waals surface area contributed by atoms with Crippen molar-refractivity contribution in [3.8, 4) is 5.75 Å². The van der Waals surface area contributed by atoms with Gasteiger partial charge in [0.25, 0.3) is 0 Å². The van der Waals surface area contributed by atoms with Crippen molar-refractivity contribution >= 4 is 11.9 Å². The van der Waals surface area contributed by atoms with E-state index in [1.54, 1.807) is 19.1 Å². The standard InChI is InChI=1S/C16H22FNO4/c1-4-10(2)15(16(20)21)18-13(19)9-8-11-6-5-7-12(22-3)14(11)17/h5-7,10,15H,4,8-9H2,1-3H3,(H,18,19)(H,20,21). The van der Waals surface area contributed by atoms with Gasteiger partial charge in [-0.25, -0.2) is 9.18 Å². The highest BCUT2D eigenvalue weighted by Gasteiger charge is 2.25. The van der Waals surface area contributed by atoms with Crippen LogP contribution >= 0.6 is 0 Å². The Balaban J connectivity index is 2.64. The fourth-order valence-electron chi connectivity index (χ4n) is 2.08. The average Bonchev–Trinajstić information content (AvgIpc) is 2.50. The molecule has 0 aliphatic rings. The van der Waals surface area contributed by atoms with E-state index in [0.29, 0.717) is 12.0 Å². The molecule has 2 unspecified atom stereocenters. The van der Waals surface area contributed by atoms with E-state index in [0.717, 1.165) is 0 Å². The molecule has 1 aromatic carbocycles. The molecule has 5 nitrogen and oxygen atoms in total. The van der Waals surface area contributed by atoms with E-state index in [9.17, 15) is 14.0 Å². The van der Waals surface area contributed by atoms with E-state index >= 15 is 0 Å². The summed E-state index contributed by atoms with van der Waals surface area (Å²) in [7, 11) is 1.37. The van der Waals surface area contributed by atoms with Crippen molar-refractivity contribution < 1.29 is 23.8 Å². The highest BCUT2D eigenvalue weighted by molar-refractivity contribution is 5.83. The number of carbonyl (C=O) groups is 2. The molecule has 0 aliphatic carbocycles. The summed E-state index contributed by atoms with van der Waals surface area (Å²) in [6.07, 6.45) is 0.841. The molecule has 0 spiro atoms. The molecule has 0 fully saturated rings. The van der Waals surface area contributed by atoms with E-state index in [2.05, 4.69) is 5.32 Å². The minimum Gasteiger partial charge on any atom is -0.494 e. The van der Waals surface area contributed by atoms with Gasteiger partial charge in [0.1, 0.15) is 6.04 Å². The topological polar surface area (TPSA) is 75.6 Å². The van der Waals surface area contributed by atoms with E-state index < -0.39 is 23.7 Å². The van der Waals surface area contributed by atoms with Gasteiger partial charge in [-0.15, -0.1) is 0 Å². The summed E-state index contributed by atoms with van der Waals surface area (Å²) in [5.41, 5.74) is 0.366. The Hall–Kier alpha value is -2.11. The lowest BCUT2D eigenvalue weighted by molar-refractivity contribution is -0.143. The van der Waals surface area contributed by atoms with Gasteiger partial charge in [0.05, 0.1) is 7.11 Å². The molecule has 0 bridgehead atoms. The van der Waals surface area contributed by atoms with Crippen LogP contribution in [-0.4, -0.2) is 30.1 Å². The predicted molar refractivity (Wildman–Crippen MR) is 80.3 cm³/mol. The Morgan fingerprint density at radius 1 is 1.41 bits per heavy atom. The number of nitrogens with one attached hydrogen (secondary N) is 1. The Morgan fingerprint density at radius 2 is 2.09 bits per heavy atom. The van der Waals surface area contributed by atoms with Crippen LogP contribution in [0, 0.1) is 11.7 Å². The number of aliphatic carboxylic acids is 1. The molecule has 2 atom stereocenters. The fraction of sp³-hybridized carbons (Fsp3) is 0.500. The maximum atomic E-state index is 13.9. The first-order chi connectivity index (χ1) is 10.4. The van der Waals surface area contributed by atoms with Crippen molar-refractivity contribution in [1.29, 1.82) is 0 Å². The lowest BCUT2D eigenvalue weighted by Crippen LogP contribution is -2.45. The molecule has 6 heteroatoms. The summed E-state index contributed by atoms with van der Waals surface area (Å²) >= 11 is 0. The minimum atomic E-state index is -1.06. The number of halogens is 1. The van der Waals surface area contributed by atoms with Crippen molar-refractivity contribution in [2.45, 2.75) is 39.2 Å². The zero-order chi connectivity index (χ0) is 16.7. The number of amides is 1. The molecule has 0 heterocycles. The van der Waals surface area contributed by atoms with Gasteiger partial charge in [-0.05, 0) is 24.0 Å². The summed E-state index contributed by atoms with van der Waals surface area (Å²) < 4.78 is 18.8. The molecule has 0 saturated carbocycles. The largest absolute Gasteiger partial charge is 0.494 e. The van der Waals surface area contributed by atoms with Gasteiger partial charge in [0.15, 0.2) is 11.6 Å². The van der Waals surface area contributed by atoms with Crippen molar-refractivity contribution in [2.75, 3.05) is 7.11 Å². The lowest BCUT2D eigenvalue weighted by Gasteiger charge is -2.20. The quantitative estimate of drug-likeness (QED) is 0.773. The van der Waals surface area contributed by atoms with E-state index in [4.69, 9.17) is 9.84 Å². The van der Waals surface area contributed by atoms with Crippen LogP contribution in [0.15, 0.2) is 18.2 Å². The second kappa shape index (κ2) is 8.36. The van der Waals surface area contributed by atoms with Crippen LogP contribution in [0.4, 0.5) is 4.39 Å². The van der Waals surface area contributed by atoms with Crippen LogP contribution in [0.1, 0.15) is 32.3 Å². The number of rotatable bonds is 8. The molecule has 122 valence electrons. The van der Waals surface area contributed by atoms with Crippen LogP contribution in [0.25, 0.3) is 0 Å². The SMILES string of the molecule is CCC(C)C(NC(=O)CCc1cccc(OC)c1F)C(=O)O. The highest BCUT2D eigenvalue weighted by Crippen LogP contribution is 2.21. The van der Waals surface area contributed by atoms with Crippen molar-refractivity contribution in [3.05, 3.63) is 29.6 Å². The van der Waals surface area contributed by atoms with Gasteiger partial charge in [0.2, 0.25) is 5.91 Å². The van der Waals surface area contributed by atoms with Crippen molar-refractivity contribution in [1.82, 2.24) is 5.32 Å². The molecule has 22 heavy (non-hydrogen) atoms. The molecule has 1 rings (SSSR count). The maximum absolute atomic E-state index is 13.9. The third kappa shape index (κ3) is 4.72. The Morgan fingerprint density at radius 3 is 2.64 bits per heavy atom. The molecule has 0 saturated heterocycles. The smallest absolute Gasteiger partial charge is 0.326 e. The Kier molecular flexibility index (Phi) is 6.82. The first kappa shape index (κ1) is 17.9. The Bertz CT molecular complexity index is 533. The van der Waals surface area contributed by atoms with Crippen molar-refractivity contribution in [2.24, 2.45) is 5.92 Å². The minimum absolute atomic E-state index is 0.0182. The number of benzene rings is 1. The van der Waals surface area contributed by atoms with Crippen LogP contribution < -0.4 is 10.1 Å². The van der Waals surface area contributed by atoms with Gasteiger partial charge in [-0.2, -0.15) is 0 Å². The summed E-state index contributed by atoms with van der Waals surface area (Å²) in [5.74, 6) is -2.00. The third-order valence-electron chi connectivity index (χ3n) is 3.68. The number of carbonyl (C=O) groups excluding carboxylic acids is 1. The van der Waals surface area contributed by atoms with Gasteiger partial charge < -0.3 is 15.2 Å². The number of carboxylic acids is 1. The highest BCUT2D eigenvalue weighted by atomic mass is 19.1. The van der Waals surface area contributed by atoms with Crippen LogP contribution in [0.2, 0.25) is 0 Å². The van der Waals surface area contributed by atoms with E-state index in [1.165, 1.54) is 13.2 Å². The number of carboxylic acid groups (broad SMARTS) is 1. The molecule has 0 radical (unpaired) electrons. The third-order valence-corrected chi connectivity index (χ3v) is 3.68. The fourth-order valence-corrected chi connectivity index (χ4v) is 2.08. The number of aryl methyl sites for hydroxylation is 1. The number of ether oxygens (including phenoxy) is 1. The van der Waals surface area contributed by atoms with Gasteiger partial charge in [-0.1, -0.05) is 32.4 Å². The van der Waals surface area contributed by atoms with Gasteiger partial charge in [0, 0.05) is 6.42 Å². The first-order valence-corrected chi connectivity index (χ1v) is 7.24. The summed E-state index contributed by atoms with van der Waals surface area (Å²) in [6.45, 7) is 3.62. The zero-order valence-electron chi connectivity index (χ0n) is 13.1. The van der Waals surface area contributed by atoms with Crippen LogP contribution in [0.5, 0.6) is 5.75 Å². The van der Waals surface area contributed by atoms with Gasteiger partial charge in [-0.3, -0.25) is 4.79 Å². The lowest BCUT2D eigenvalue weighted by atomic mass is 9.99. The Labute approximate surface area is 129 Å². The molecular weight excluding hydrogens is 289 g/mol. The molecule has 1 aromatic rings.